The molecule has 0 radical (unpaired) electrons. The summed E-state index contributed by atoms with van der Waals surface area (Å²) in [7, 11) is 0. The fraction of sp³-hybridized carbons (Fsp3) is 0.957. The van der Waals surface area contributed by atoms with E-state index >= 15 is 0 Å². The summed E-state index contributed by atoms with van der Waals surface area (Å²) in [6, 6.07) is -0.795. The molecule has 1 amide bonds. The zero-order valence-corrected chi connectivity index (χ0v) is 18.5. The molecule has 0 heterocycles. The smallest absolute Gasteiger partial charge is 0.220 e. The van der Waals surface area contributed by atoms with Gasteiger partial charge in [0.05, 0.1) is 18.8 Å². The molecule has 0 spiro atoms. The standard InChI is InChI=1S/C23H47NO4/c1-3-5-7-8-9-10-11-12-13-14-15-16-17-21(26)23(28)20(19-25)24-22(27)18-6-4-2/h20-21,23,25-26,28H,3-19H2,1-2H3,(H,24,27)/t20-,21-,23+/m0/s1. The third kappa shape index (κ3) is 15.3. The molecule has 0 rings (SSSR count). The molecule has 28 heavy (non-hydrogen) atoms. The van der Waals surface area contributed by atoms with Gasteiger partial charge in [-0.25, -0.2) is 0 Å². The SMILES string of the molecule is CCCCCCCCCCCCCC[C@H](O)[C@H](O)[C@H](CO)NC(=O)CCCC. The Morgan fingerprint density at radius 1 is 0.750 bits per heavy atom. The van der Waals surface area contributed by atoms with Crippen LogP contribution in [-0.4, -0.2) is 46.1 Å². The van der Waals surface area contributed by atoms with E-state index in [0.29, 0.717) is 12.8 Å². The second kappa shape index (κ2) is 19.7. The van der Waals surface area contributed by atoms with Crippen molar-refractivity contribution in [2.24, 2.45) is 0 Å². The van der Waals surface area contributed by atoms with Gasteiger partial charge >= 0.3 is 0 Å². The molecule has 3 atom stereocenters. The van der Waals surface area contributed by atoms with Crippen LogP contribution in [0.2, 0.25) is 0 Å². The lowest BCUT2D eigenvalue weighted by atomic mass is 9.99. The van der Waals surface area contributed by atoms with Crippen LogP contribution in [0.15, 0.2) is 0 Å². The molecule has 0 aromatic rings. The first kappa shape index (κ1) is 27.4. The zero-order chi connectivity index (χ0) is 21.0. The number of carbonyl (C=O) groups excluding carboxylic acids is 1. The number of aliphatic hydroxyl groups is 3. The first-order valence-corrected chi connectivity index (χ1v) is 11.8. The highest BCUT2D eigenvalue weighted by molar-refractivity contribution is 5.76. The van der Waals surface area contributed by atoms with E-state index in [9.17, 15) is 20.1 Å². The highest BCUT2D eigenvalue weighted by Gasteiger charge is 2.26. The Morgan fingerprint density at radius 2 is 1.21 bits per heavy atom. The first-order chi connectivity index (χ1) is 13.6. The Hall–Kier alpha value is -0.650. The molecule has 0 unspecified atom stereocenters. The summed E-state index contributed by atoms with van der Waals surface area (Å²) >= 11 is 0. The van der Waals surface area contributed by atoms with Crippen LogP contribution < -0.4 is 5.32 Å². The molecule has 5 heteroatoms. The van der Waals surface area contributed by atoms with Crippen LogP contribution in [0.1, 0.15) is 117 Å². The molecule has 0 saturated heterocycles. The van der Waals surface area contributed by atoms with Crippen LogP contribution >= 0.6 is 0 Å². The van der Waals surface area contributed by atoms with E-state index in [-0.39, 0.29) is 12.5 Å². The fourth-order valence-electron chi connectivity index (χ4n) is 3.49. The van der Waals surface area contributed by atoms with E-state index in [0.717, 1.165) is 32.1 Å². The average molecular weight is 402 g/mol. The summed E-state index contributed by atoms with van der Waals surface area (Å²) < 4.78 is 0. The Kier molecular flexibility index (Phi) is 19.2. The lowest BCUT2D eigenvalue weighted by molar-refractivity contribution is -0.124. The van der Waals surface area contributed by atoms with Crippen LogP contribution in [0.5, 0.6) is 0 Å². The van der Waals surface area contributed by atoms with Crippen molar-refractivity contribution in [3.63, 3.8) is 0 Å². The largest absolute Gasteiger partial charge is 0.394 e. The van der Waals surface area contributed by atoms with E-state index in [4.69, 9.17) is 0 Å². The minimum absolute atomic E-state index is 0.183. The van der Waals surface area contributed by atoms with Gasteiger partial charge in [0.15, 0.2) is 0 Å². The van der Waals surface area contributed by atoms with Crippen molar-refractivity contribution in [1.29, 1.82) is 0 Å². The molecular formula is C23H47NO4. The minimum Gasteiger partial charge on any atom is -0.394 e. The number of unbranched alkanes of at least 4 members (excludes halogenated alkanes) is 12. The van der Waals surface area contributed by atoms with Crippen molar-refractivity contribution in [2.45, 2.75) is 135 Å². The molecule has 168 valence electrons. The number of nitrogens with one attached hydrogen (secondary N) is 1. The van der Waals surface area contributed by atoms with Gasteiger partial charge in [0.1, 0.15) is 6.10 Å². The lowest BCUT2D eigenvalue weighted by Crippen LogP contribution is -2.50. The third-order valence-corrected chi connectivity index (χ3v) is 5.46. The molecule has 5 nitrogen and oxygen atoms in total. The Labute approximate surface area is 173 Å². The maximum Gasteiger partial charge on any atom is 0.220 e. The van der Waals surface area contributed by atoms with Gasteiger partial charge in [-0.1, -0.05) is 97.3 Å². The summed E-state index contributed by atoms with van der Waals surface area (Å²) in [5.41, 5.74) is 0. The van der Waals surface area contributed by atoms with Gasteiger partial charge in [0.2, 0.25) is 5.91 Å². The highest BCUT2D eigenvalue weighted by Crippen LogP contribution is 2.14. The molecular weight excluding hydrogens is 354 g/mol. The molecule has 0 saturated carbocycles. The fourth-order valence-corrected chi connectivity index (χ4v) is 3.49. The Morgan fingerprint density at radius 3 is 1.68 bits per heavy atom. The molecule has 0 aromatic carbocycles. The van der Waals surface area contributed by atoms with Crippen molar-refractivity contribution >= 4 is 5.91 Å². The highest BCUT2D eigenvalue weighted by atomic mass is 16.3. The van der Waals surface area contributed by atoms with Crippen LogP contribution in [-0.2, 0) is 4.79 Å². The molecule has 0 aliphatic rings. The van der Waals surface area contributed by atoms with Crippen molar-refractivity contribution in [3.8, 4) is 0 Å². The van der Waals surface area contributed by atoms with Crippen molar-refractivity contribution in [3.05, 3.63) is 0 Å². The van der Waals surface area contributed by atoms with Crippen LogP contribution in [0, 0.1) is 0 Å². The Bertz CT molecular complexity index is 351. The normalized spacial score (nSPS) is 14.6. The third-order valence-electron chi connectivity index (χ3n) is 5.46. The summed E-state index contributed by atoms with van der Waals surface area (Å²) in [5, 5.41) is 32.4. The number of amides is 1. The quantitative estimate of drug-likeness (QED) is 0.227. The second-order valence-corrected chi connectivity index (χ2v) is 8.20. The van der Waals surface area contributed by atoms with E-state index in [1.54, 1.807) is 0 Å². The molecule has 4 N–H and O–H groups in total. The van der Waals surface area contributed by atoms with Crippen molar-refractivity contribution < 1.29 is 20.1 Å². The van der Waals surface area contributed by atoms with Gasteiger partial charge in [0, 0.05) is 6.42 Å². The first-order valence-electron chi connectivity index (χ1n) is 11.8. The van der Waals surface area contributed by atoms with Gasteiger partial charge in [-0.3, -0.25) is 4.79 Å². The van der Waals surface area contributed by atoms with Crippen molar-refractivity contribution in [2.75, 3.05) is 6.61 Å². The van der Waals surface area contributed by atoms with E-state index in [2.05, 4.69) is 12.2 Å². The molecule has 0 aliphatic heterocycles. The van der Waals surface area contributed by atoms with E-state index in [1.807, 2.05) is 6.92 Å². The molecule has 0 aliphatic carbocycles. The number of rotatable bonds is 20. The maximum atomic E-state index is 11.8. The Balaban J connectivity index is 3.70. The number of hydrogen-bond donors (Lipinski definition) is 4. The van der Waals surface area contributed by atoms with Gasteiger partial charge in [-0.05, 0) is 12.8 Å². The summed E-state index contributed by atoms with van der Waals surface area (Å²) in [5.74, 6) is -0.183. The number of hydrogen-bond acceptors (Lipinski definition) is 4. The lowest BCUT2D eigenvalue weighted by Gasteiger charge is -2.26. The van der Waals surface area contributed by atoms with E-state index < -0.39 is 18.2 Å². The minimum atomic E-state index is -1.12. The van der Waals surface area contributed by atoms with Crippen LogP contribution in [0.25, 0.3) is 0 Å². The predicted octanol–water partition coefficient (Wildman–Crippen LogP) is 4.47. The summed E-state index contributed by atoms with van der Waals surface area (Å²) in [4.78, 5) is 11.8. The van der Waals surface area contributed by atoms with Gasteiger partial charge in [-0.2, -0.15) is 0 Å². The molecule has 0 aromatic heterocycles. The second-order valence-electron chi connectivity index (χ2n) is 8.20. The van der Waals surface area contributed by atoms with Gasteiger partial charge in [0.25, 0.3) is 0 Å². The number of carbonyl (C=O) groups is 1. The van der Waals surface area contributed by atoms with Gasteiger partial charge in [-0.15, -0.1) is 0 Å². The molecule has 0 bridgehead atoms. The monoisotopic (exact) mass is 401 g/mol. The van der Waals surface area contributed by atoms with Crippen LogP contribution in [0.3, 0.4) is 0 Å². The van der Waals surface area contributed by atoms with E-state index in [1.165, 1.54) is 57.8 Å². The van der Waals surface area contributed by atoms with Crippen LogP contribution in [0.4, 0.5) is 0 Å². The molecule has 0 fully saturated rings. The maximum absolute atomic E-state index is 11.8. The average Bonchev–Trinajstić information content (AvgIpc) is 2.70. The zero-order valence-electron chi connectivity index (χ0n) is 18.5. The summed E-state index contributed by atoms with van der Waals surface area (Å²) in [6.07, 6.45) is 15.6. The number of aliphatic hydroxyl groups excluding tert-OH is 3. The van der Waals surface area contributed by atoms with Crippen molar-refractivity contribution in [1.82, 2.24) is 5.32 Å². The predicted molar refractivity (Wildman–Crippen MR) is 116 cm³/mol. The van der Waals surface area contributed by atoms with Gasteiger partial charge < -0.3 is 20.6 Å². The summed E-state index contributed by atoms with van der Waals surface area (Å²) in [6.45, 7) is 3.88. The topological polar surface area (TPSA) is 89.8 Å².